The zero-order valence-corrected chi connectivity index (χ0v) is 14.7. The van der Waals surface area contributed by atoms with Crippen LogP contribution in [0.3, 0.4) is 0 Å². The Bertz CT molecular complexity index is 893. The summed E-state index contributed by atoms with van der Waals surface area (Å²) >= 11 is 3.26. The summed E-state index contributed by atoms with van der Waals surface area (Å²) in [5.41, 5.74) is 2.50. The van der Waals surface area contributed by atoms with E-state index in [-0.39, 0.29) is 16.6 Å². The Morgan fingerprint density at radius 1 is 1.13 bits per heavy atom. The van der Waals surface area contributed by atoms with Gasteiger partial charge in [-0.25, -0.2) is 0 Å². The Morgan fingerprint density at radius 2 is 1.91 bits per heavy atom. The van der Waals surface area contributed by atoms with Crippen LogP contribution in [0.25, 0.3) is 0 Å². The van der Waals surface area contributed by atoms with E-state index in [9.17, 15) is 13.2 Å². The largest absolute Gasteiger partial charge is 0.379 e. The number of nitrogens with one attached hydrogen (secondary N) is 1. The van der Waals surface area contributed by atoms with Crippen LogP contribution in [-0.4, -0.2) is 14.3 Å². The van der Waals surface area contributed by atoms with Crippen LogP contribution in [0.15, 0.2) is 45.8 Å². The van der Waals surface area contributed by atoms with E-state index in [0.29, 0.717) is 23.0 Å². The van der Waals surface area contributed by atoms with Gasteiger partial charge in [0.1, 0.15) is 10.6 Å². The zero-order valence-electron chi connectivity index (χ0n) is 12.3. The molecule has 120 valence electrons. The molecule has 2 aromatic rings. The number of carbonyl (C=O) groups is 1. The highest BCUT2D eigenvalue weighted by Gasteiger charge is 2.22. The van der Waals surface area contributed by atoms with Crippen molar-refractivity contribution in [1.29, 1.82) is 0 Å². The van der Waals surface area contributed by atoms with Gasteiger partial charge in [-0.3, -0.25) is 4.79 Å². The molecule has 1 aliphatic rings. The number of rotatable bonds is 3. The third kappa shape index (κ3) is 3.40. The molecule has 1 N–H and O–H groups in total. The van der Waals surface area contributed by atoms with Gasteiger partial charge in [0.2, 0.25) is 5.91 Å². The van der Waals surface area contributed by atoms with Crippen LogP contribution in [0.4, 0.5) is 5.69 Å². The molecule has 5 nitrogen and oxygen atoms in total. The Kier molecular flexibility index (Phi) is 4.16. The molecule has 0 aliphatic carbocycles. The number of halogens is 1. The van der Waals surface area contributed by atoms with Crippen molar-refractivity contribution < 1.29 is 17.4 Å². The molecule has 0 spiro atoms. The SMILES string of the molecule is Cc1ccc(S(=O)(=O)Oc2ccc3c(c2)CCC(=O)N3)c(Br)c1. The van der Waals surface area contributed by atoms with E-state index in [1.54, 1.807) is 24.3 Å². The molecule has 0 fully saturated rings. The van der Waals surface area contributed by atoms with Crippen molar-refractivity contribution in [1.82, 2.24) is 0 Å². The van der Waals surface area contributed by atoms with Crippen molar-refractivity contribution >= 4 is 37.6 Å². The molecule has 0 radical (unpaired) electrons. The fraction of sp³-hybridized carbons (Fsp3) is 0.188. The maximum atomic E-state index is 12.4. The third-order valence-corrected chi connectivity index (χ3v) is 5.76. The molecule has 0 unspecified atom stereocenters. The van der Waals surface area contributed by atoms with Crippen molar-refractivity contribution in [3.05, 3.63) is 52.0 Å². The van der Waals surface area contributed by atoms with Gasteiger partial charge in [0.15, 0.2) is 0 Å². The quantitative estimate of drug-likeness (QED) is 0.808. The van der Waals surface area contributed by atoms with Gasteiger partial charge in [0, 0.05) is 16.6 Å². The first-order valence-electron chi connectivity index (χ1n) is 6.98. The summed E-state index contributed by atoms with van der Waals surface area (Å²) in [5, 5.41) is 2.75. The van der Waals surface area contributed by atoms with Gasteiger partial charge >= 0.3 is 10.1 Å². The topological polar surface area (TPSA) is 72.5 Å². The van der Waals surface area contributed by atoms with E-state index >= 15 is 0 Å². The first kappa shape index (κ1) is 16.0. The smallest absolute Gasteiger partial charge is 0.340 e. The summed E-state index contributed by atoms with van der Waals surface area (Å²) in [5.74, 6) is 0.190. The van der Waals surface area contributed by atoms with E-state index in [2.05, 4.69) is 21.2 Å². The van der Waals surface area contributed by atoms with Crippen molar-refractivity contribution in [3.8, 4) is 5.75 Å². The summed E-state index contributed by atoms with van der Waals surface area (Å²) in [7, 11) is -3.93. The summed E-state index contributed by atoms with van der Waals surface area (Å²) in [6.45, 7) is 1.87. The molecule has 0 saturated heterocycles. The maximum Gasteiger partial charge on any atom is 0.340 e. The molecule has 1 aliphatic heterocycles. The molecule has 7 heteroatoms. The maximum absolute atomic E-state index is 12.4. The molecule has 0 saturated carbocycles. The van der Waals surface area contributed by atoms with Crippen LogP contribution in [0.1, 0.15) is 17.5 Å². The Hall–Kier alpha value is -1.86. The first-order valence-corrected chi connectivity index (χ1v) is 9.19. The number of anilines is 1. The minimum atomic E-state index is -3.93. The van der Waals surface area contributed by atoms with Gasteiger partial charge in [-0.05, 0) is 70.7 Å². The summed E-state index contributed by atoms with van der Waals surface area (Å²) < 4.78 is 30.6. The van der Waals surface area contributed by atoms with Crippen LogP contribution in [-0.2, 0) is 21.3 Å². The highest BCUT2D eigenvalue weighted by atomic mass is 79.9. The molecule has 2 aromatic carbocycles. The fourth-order valence-electron chi connectivity index (χ4n) is 2.39. The van der Waals surface area contributed by atoms with Gasteiger partial charge in [-0.2, -0.15) is 8.42 Å². The monoisotopic (exact) mass is 395 g/mol. The number of aryl methyl sites for hydroxylation is 2. The number of hydrogen-bond acceptors (Lipinski definition) is 4. The molecule has 3 rings (SSSR count). The molecule has 1 heterocycles. The Morgan fingerprint density at radius 3 is 2.65 bits per heavy atom. The van der Waals surface area contributed by atoms with Crippen molar-refractivity contribution in [2.45, 2.75) is 24.7 Å². The minimum Gasteiger partial charge on any atom is -0.379 e. The van der Waals surface area contributed by atoms with Crippen LogP contribution in [0.5, 0.6) is 5.75 Å². The van der Waals surface area contributed by atoms with Gasteiger partial charge in [-0.1, -0.05) is 6.07 Å². The lowest BCUT2D eigenvalue weighted by Gasteiger charge is -2.17. The van der Waals surface area contributed by atoms with E-state index in [4.69, 9.17) is 4.18 Å². The van der Waals surface area contributed by atoms with Gasteiger partial charge in [0.05, 0.1) is 0 Å². The molecular formula is C16H14BrNO4S. The lowest BCUT2D eigenvalue weighted by Crippen LogP contribution is -2.19. The van der Waals surface area contributed by atoms with E-state index in [0.717, 1.165) is 11.1 Å². The van der Waals surface area contributed by atoms with Gasteiger partial charge in [-0.15, -0.1) is 0 Å². The van der Waals surface area contributed by atoms with Crippen LogP contribution in [0.2, 0.25) is 0 Å². The standard InChI is InChI=1S/C16H14BrNO4S/c1-10-2-6-15(13(17)8-10)23(20,21)22-12-4-5-14-11(9-12)3-7-16(19)18-14/h2,4-6,8-9H,3,7H2,1H3,(H,18,19). The lowest BCUT2D eigenvalue weighted by atomic mass is 10.0. The molecular weight excluding hydrogens is 382 g/mol. The number of carbonyl (C=O) groups excluding carboxylic acids is 1. The second-order valence-electron chi connectivity index (χ2n) is 5.34. The highest BCUT2D eigenvalue weighted by Crippen LogP contribution is 2.30. The predicted molar refractivity (Wildman–Crippen MR) is 90.1 cm³/mol. The molecule has 0 atom stereocenters. The minimum absolute atomic E-state index is 0.0395. The van der Waals surface area contributed by atoms with Crippen molar-refractivity contribution in [2.24, 2.45) is 0 Å². The predicted octanol–water partition coefficient (Wildman–Crippen LogP) is 3.41. The van der Waals surface area contributed by atoms with Crippen LogP contribution < -0.4 is 9.50 Å². The van der Waals surface area contributed by atoms with Gasteiger partial charge in [0.25, 0.3) is 0 Å². The average Bonchev–Trinajstić information content (AvgIpc) is 2.46. The fourth-order valence-corrected chi connectivity index (χ4v) is 4.46. The van der Waals surface area contributed by atoms with Gasteiger partial charge < -0.3 is 9.50 Å². The first-order chi connectivity index (χ1) is 10.8. The number of fused-ring (bicyclic) bond motifs is 1. The third-order valence-electron chi connectivity index (χ3n) is 3.53. The molecule has 1 amide bonds. The van der Waals surface area contributed by atoms with E-state index in [1.807, 2.05) is 6.92 Å². The number of benzene rings is 2. The molecule has 0 aromatic heterocycles. The Labute approximate surface area is 142 Å². The van der Waals surface area contributed by atoms with Crippen LogP contribution >= 0.6 is 15.9 Å². The van der Waals surface area contributed by atoms with Crippen molar-refractivity contribution in [2.75, 3.05) is 5.32 Å². The second kappa shape index (κ2) is 5.98. The highest BCUT2D eigenvalue weighted by molar-refractivity contribution is 9.10. The molecule has 23 heavy (non-hydrogen) atoms. The summed E-state index contributed by atoms with van der Waals surface area (Å²) in [6.07, 6.45) is 0.944. The number of amides is 1. The van der Waals surface area contributed by atoms with E-state index in [1.165, 1.54) is 12.1 Å². The lowest BCUT2D eigenvalue weighted by molar-refractivity contribution is -0.116. The Balaban J connectivity index is 1.90. The normalized spacial score (nSPS) is 14.1. The average molecular weight is 396 g/mol. The second-order valence-corrected chi connectivity index (χ2v) is 7.71. The van der Waals surface area contributed by atoms with Crippen LogP contribution in [0, 0.1) is 6.92 Å². The van der Waals surface area contributed by atoms with E-state index < -0.39 is 10.1 Å². The number of hydrogen-bond donors (Lipinski definition) is 1. The summed E-state index contributed by atoms with van der Waals surface area (Å²) in [4.78, 5) is 11.4. The van der Waals surface area contributed by atoms with Crippen molar-refractivity contribution in [3.63, 3.8) is 0 Å². The summed E-state index contributed by atoms with van der Waals surface area (Å²) in [6, 6.07) is 9.77. The molecule has 0 bridgehead atoms. The zero-order chi connectivity index (χ0) is 16.6.